The highest BCUT2D eigenvalue weighted by Gasteiger charge is 2.41. The third-order valence-corrected chi connectivity index (χ3v) is 3.86. The van der Waals surface area contributed by atoms with Crippen molar-refractivity contribution in [1.29, 1.82) is 0 Å². The van der Waals surface area contributed by atoms with E-state index in [9.17, 15) is 4.79 Å². The molecule has 0 saturated carbocycles. The second kappa shape index (κ2) is 4.31. The molecule has 2 unspecified atom stereocenters. The highest BCUT2D eigenvalue weighted by Crippen LogP contribution is 2.32. The second-order valence-electron chi connectivity index (χ2n) is 4.72. The van der Waals surface area contributed by atoms with E-state index in [1.54, 1.807) is 0 Å². The largest absolute Gasteiger partial charge is 0.311 e. The van der Waals surface area contributed by atoms with Gasteiger partial charge in [-0.25, -0.2) is 0 Å². The lowest BCUT2D eigenvalue weighted by atomic mass is 9.99. The van der Waals surface area contributed by atoms with Gasteiger partial charge in [0.25, 0.3) is 0 Å². The number of hydrogen-bond acceptors (Lipinski definition) is 2. The van der Waals surface area contributed by atoms with Crippen LogP contribution in [0.25, 0.3) is 0 Å². The first-order valence-corrected chi connectivity index (χ1v) is 6.44. The molecular formula is C13H15ClN2O. The number of fused-ring (bicyclic) bond motifs is 1. The number of anilines is 1. The van der Waals surface area contributed by atoms with Crippen molar-refractivity contribution >= 4 is 23.2 Å². The number of nitrogens with zero attached hydrogens (tertiary/aromatic N) is 1. The zero-order valence-corrected chi connectivity index (χ0v) is 10.3. The van der Waals surface area contributed by atoms with E-state index in [-0.39, 0.29) is 5.91 Å². The lowest BCUT2D eigenvalue weighted by Crippen LogP contribution is -2.47. The molecule has 2 aliphatic heterocycles. The molecule has 4 heteroatoms. The van der Waals surface area contributed by atoms with Gasteiger partial charge in [-0.05, 0) is 37.6 Å². The zero-order valence-electron chi connectivity index (χ0n) is 9.53. The highest BCUT2D eigenvalue weighted by molar-refractivity contribution is 6.30. The molecule has 2 aliphatic rings. The van der Waals surface area contributed by atoms with E-state index in [0.717, 1.165) is 25.1 Å². The van der Waals surface area contributed by atoms with Gasteiger partial charge < -0.3 is 10.2 Å². The normalized spacial score (nSPS) is 28.3. The van der Waals surface area contributed by atoms with Crippen molar-refractivity contribution in [3.05, 3.63) is 29.3 Å². The van der Waals surface area contributed by atoms with Crippen molar-refractivity contribution in [3.8, 4) is 0 Å². The summed E-state index contributed by atoms with van der Waals surface area (Å²) in [4.78, 5) is 14.0. The molecule has 1 aromatic rings. The topological polar surface area (TPSA) is 32.3 Å². The molecule has 2 heterocycles. The molecule has 0 bridgehead atoms. The number of carbonyl (C=O) groups is 1. The van der Waals surface area contributed by atoms with Crippen LogP contribution in [-0.4, -0.2) is 24.5 Å². The summed E-state index contributed by atoms with van der Waals surface area (Å²) < 4.78 is 0. The van der Waals surface area contributed by atoms with Crippen LogP contribution in [-0.2, 0) is 4.79 Å². The number of amides is 1. The number of hydrogen-bond donors (Lipinski definition) is 1. The average Bonchev–Trinajstić information content (AvgIpc) is 2.64. The fraction of sp³-hybridized carbons (Fsp3) is 0.462. The number of halogens is 1. The molecule has 1 aromatic carbocycles. The van der Waals surface area contributed by atoms with Crippen LogP contribution >= 0.6 is 11.6 Å². The Hall–Kier alpha value is -1.06. The van der Waals surface area contributed by atoms with E-state index in [2.05, 4.69) is 5.32 Å². The summed E-state index contributed by atoms with van der Waals surface area (Å²) in [6.45, 7) is 1.03. The minimum absolute atomic E-state index is 0.205. The van der Waals surface area contributed by atoms with E-state index >= 15 is 0 Å². The Morgan fingerprint density at radius 3 is 3.12 bits per heavy atom. The predicted octanol–water partition coefficient (Wildman–Crippen LogP) is 2.20. The summed E-state index contributed by atoms with van der Waals surface area (Å²) in [7, 11) is 0. The molecule has 2 saturated heterocycles. The standard InChI is InChI=1S/C13H15ClN2O/c14-9-3-1-4-10(7-9)16-12-5-2-6-15-11(12)8-13(16)17/h1,3-4,7,11-12,15H,2,5-6,8H2. The molecule has 2 fully saturated rings. The third-order valence-electron chi connectivity index (χ3n) is 3.63. The first-order valence-electron chi connectivity index (χ1n) is 6.07. The molecule has 3 nitrogen and oxygen atoms in total. The second-order valence-corrected chi connectivity index (χ2v) is 5.15. The molecule has 0 spiro atoms. The Morgan fingerprint density at radius 1 is 1.41 bits per heavy atom. The zero-order chi connectivity index (χ0) is 11.8. The van der Waals surface area contributed by atoms with Crippen molar-refractivity contribution in [1.82, 2.24) is 5.32 Å². The molecule has 1 N–H and O–H groups in total. The summed E-state index contributed by atoms with van der Waals surface area (Å²) in [6, 6.07) is 8.18. The van der Waals surface area contributed by atoms with E-state index < -0.39 is 0 Å². The Bertz CT molecular complexity index is 449. The van der Waals surface area contributed by atoms with Crippen molar-refractivity contribution in [2.45, 2.75) is 31.3 Å². The number of benzene rings is 1. The Balaban J connectivity index is 1.93. The van der Waals surface area contributed by atoms with E-state index in [4.69, 9.17) is 11.6 Å². The van der Waals surface area contributed by atoms with Crippen molar-refractivity contribution < 1.29 is 4.79 Å². The molecular weight excluding hydrogens is 236 g/mol. The van der Waals surface area contributed by atoms with Gasteiger partial charge in [0, 0.05) is 23.2 Å². The van der Waals surface area contributed by atoms with Crippen molar-refractivity contribution in [2.24, 2.45) is 0 Å². The maximum absolute atomic E-state index is 12.1. The van der Waals surface area contributed by atoms with Crippen LogP contribution in [0.1, 0.15) is 19.3 Å². The van der Waals surface area contributed by atoms with Gasteiger partial charge in [-0.3, -0.25) is 4.79 Å². The third kappa shape index (κ3) is 1.94. The Morgan fingerprint density at radius 2 is 2.29 bits per heavy atom. The van der Waals surface area contributed by atoms with E-state index in [1.165, 1.54) is 0 Å². The molecule has 2 atom stereocenters. The summed E-state index contributed by atoms with van der Waals surface area (Å²) in [6.07, 6.45) is 2.82. The average molecular weight is 251 g/mol. The van der Waals surface area contributed by atoms with Gasteiger partial charge in [-0.2, -0.15) is 0 Å². The van der Waals surface area contributed by atoms with E-state index in [0.29, 0.717) is 23.5 Å². The van der Waals surface area contributed by atoms with Crippen LogP contribution in [0, 0.1) is 0 Å². The smallest absolute Gasteiger partial charge is 0.228 e. The van der Waals surface area contributed by atoms with Crippen LogP contribution in [0.3, 0.4) is 0 Å². The van der Waals surface area contributed by atoms with Crippen LogP contribution < -0.4 is 10.2 Å². The van der Waals surface area contributed by atoms with E-state index in [1.807, 2.05) is 29.2 Å². The molecule has 0 aliphatic carbocycles. The molecule has 0 radical (unpaired) electrons. The minimum atomic E-state index is 0.205. The van der Waals surface area contributed by atoms with Crippen LogP contribution in [0.5, 0.6) is 0 Å². The SMILES string of the molecule is O=C1CC2NCCCC2N1c1cccc(Cl)c1. The molecule has 3 rings (SSSR count). The van der Waals surface area contributed by atoms with Gasteiger partial charge >= 0.3 is 0 Å². The number of nitrogens with one attached hydrogen (secondary N) is 1. The predicted molar refractivity (Wildman–Crippen MR) is 68.4 cm³/mol. The van der Waals surface area contributed by atoms with Crippen LogP contribution in [0.4, 0.5) is 5.69 Å². The van der Waals surface area contributed by atoms with Gasteiger partial charge in [-0.15, -0.1) is 0 Å². The van der Waals surface area contributed by atoms with Crippen molar-refractivity contribution in [3.63, 3.8) is 0 Å². The van der Waals surface area contributed by atoms with Crippen LogP contribution in [0.15, 0.2) is 24.3 Å². The first-order chi connectivity index (χ1) is 8.25. The number of rotatable bonds is 1. The lowest BCUT2D eigenvalue weighted by molar-refractivity contribution is -0.117. The molecule has 90 valence electrons. The molecule has 17 heavy (non-hydrogen) atoms. The van der Waals surface area contributed by atoms with Gasteiger partial charge in [0.2, 0.25) is 5.91 Å². The Kier molecular flexibility index (Phi) is 2.81. The minimum Gasteiger partial charge on any atom is -0.311 e. The number of piperidine rings is 1. The summed E-state index contributed by atoms with van der Waals surface area (Å²) in [5.41, 5.74) is 0.929. The quantitative estimate of drug-likeness (QED) is 0.829. The summed E-state index contributed by atoms with van der Waals surface area (Å²) in [5.74, 6) is 0.205. The van der Waals surface area contributed by atoms with Gasteiger partial charge in [0.1, 0.15) is 0 Å². The first kappa shape index (κ1) is 11.1. The van der Waals surface area contributed by atoms with Gasteiger partial charge in [0.15, 0.2) is 0 Å². The molecule has 1 amide bonds. The molecule has 0 aromatic heterocycles. The maximum Gasteiger partial charge on any atom is 0.228 e. The Labute approximate surface area is 106 Å². The fourth-order valence-electron chi connectivity index (χ4n) is 2.89. The van der Waals surface area contributed by atoms with Crippen molar-refractivity contribution in [2.75, 3.05) is 11.4 Å². The summed E-state index contributed by atoms with van der Waals surface area (Å²) >= 11 is 5.99. The van der Waals surface area contributed by atoms with Gasteiger partial charge in [0.05, 0.1) is 6.04 Å². The fourth-order valence-corrected chi connectivity index (χ4v) is 3.07. The highest BCUT2D eigenvalue weighted by atomic mass is 35.5. The van der Waals surface area contributed by atoms with Crippen LogP contribution in [0.2, 0.25) is 5.02 Å². The summed E-state index contributed by atoms with van der Waals surface area (Å²) in [5, 5.41) is 4.11. The number of carbonyl (C=O) groups excluding carboxylic acids is 1. The monoisotopic (exact) mass is 250 g/mol. The van der Waals surface area contributed by atoms with Gasteiger partial charge in [-0.1, -0.05) is 17.7 Å². The lowest BCUT2D eigenvalue weighted by Gasteiger charge is -2.32. The maximum atomic E-state index is 12.1.